The smallest absolute Gasteiger partial charge is 0.339 e. The predicted octanol–water partition coefficient (Wildman–Crippen LogP) is 5.33. The van der Waals surface area contributed by atoms with Crippen molar-refractivity contribution in [2.75, 3.05) is 6.61 Å². The van der Waals surface area contributed by atoms with Crippen LogP contribution >= 0.6 is 0 Å². The number of pyridine rings is 1. The van der Waals surface area contributed by atoms with Gasteiger partial charge < -0.3 is 19.1 Å². The molecule has 8 heteroatoms. The molecule has 1 aliphatic rings. The number of carbonyl (C=O) groups is 1. The van der Waals surface area contributed by atoms with Crippen molar-refractivity contribution in [2.24, 2.45) is 7.05 Å². The molecule has 1 N–H and O–H groups in total. The lowest BCUT2D eigenvalue weighted by Crippen LogP contribution is -2.33. The van der Waals surface area contributed by atoms with Crippen LogP contribution in [-0.2, 0) is 29.5 Å². The molecule has 0 aliphatic carbocycles. The minimum Gasteiger partial charge on any atom is -0.493 e. The molecule has 0 saturated carbocycles. The summed E-state index contributed by atoms with van der Waals surface area (Å²) in [5.74, 6) is -0.313. The maximum atomic E-state index is 13.9. The van der Waals surface area contributed by atoms with E-state index in [1.165, 1.54) is 4.57 Å². The second-order valence-electron chi connectivity index (χ2n) is 11.3. The highest BCUT2D eigenvalue weighted by atomic mass is 16.5. The molecule has 4 aromatic rings. The van der Waals surface area contributed by atoms with E-state index in [-0.39, 0.29) is 5.56 Å². The van der Waals surface area contributed by atoms with Crippen molar-refractivity contribution < 1.29 is 19.4 Å². The summed E-state index contributed by atoms with van der Waals surface area (Å²) in [5.41, 5.74) is 5.38. The van der Waals surface area contributed by atoms with E-state index in [0.29, 0.717) is 35.3 Å². The highest BCUT2D eigenvalue weighted by Gasteiger charge is 2.34. The summed E-state index contributed by atoms with van der Waals surface area (Å²) in [6, 6.07) is 12.0. The zero-order chi connectivity index (χ0) is 28.1. The van der Waals surface area contributed by atoms with Crippen LogP contribution in [0.4, 0.5) is 0 Å². The minimum atomic E-state index is -1.37. The van der Waals surface area contributed by atoms with Gasteiger partial charge in [-0.05, 0) is 75.8 Å². The quantitative estimate of drug-likeness (QED) is 0.363. The van der Waals surface area contributed by atoms with Crippen molar-refractivity contribution in [3.8, 4) is 16.9 Å². The molecule has 0 spiro atoms. The Morgan fingerprint density at radius 1 is 1.15 bits per heavy atom. The summed E-state index contributed by atoms with van der Waals surface area (Å²) < 4.78 is 15.1. The number of nitrogens with zero attached hydrogens (tertiary/aromatic N) is 3. The summed E-state index contributed by atoms with van der Waals surface area (Å²) in [6.07, 6.45) is 2.09. The van der Waals surface area contributed by atoms with Crippen LogP contribution in [0, 0.1) is 13.8 Å². The number of ether oxygens (including phenoxy) is 2. The van der Waals surface area contributed by atoms with Crippen molar-refractivity contribution in [3.63, 3.8) is 0 Å². The van der Waals surface area contributed by atoms with Crippen LogP contribution in [0.3, 0.4) is 0 Å². The topological polar surface area (TPSA) is 95.6 Å². The molecule has 5 rings (SSSR count). The third-order valence-corrected chi connectivity index (χ3v) is 7.28. The maximum Gasteiger partial charge on any atom is 0.339 e. The Labute approximate surface area is 227 Å². The molecular formula is C31H35N3O5. The van der Waals surface area contributed by atoms with Gasteiger partial charge in [-0.25, -0.2) is 4.79 Å². The van der Waals surface area contributed by atoms with Crippen molar-refractivity contribution in [3.05, 3.63) is 80.9 Å². The van der Waals surface area contributed by atoms with Crippen LogP contribution in [0.5, 0.6) is 5.75 Å². The molecule has 0 bridgehead atoms. The van der Waals surface area contributed by atoms with Crippen LogP contribution < -0.4 is 10.3 Å². The number of aryl methyl sites for hydroxylation is 1. The van der Waals surface area contributed by atoms with Crippen molar-refractivity contribution in [1.29, 1.82) is 0 Å². The summed E-state index contributed by atoms with van der Waals surface area (Å²) >= 11 is 0. The molecular weight excluding hydrogens is 494 g/mol. The van der Waals surface area contributed by atoms with Gasteiger partial charge in [0.25, 0.3) is 5.56 Å². The Hall–Kier alpha value is -3.91. The number of aromatic nitrogens is 3. The normalized spacial score (nSPS) is 14.2. The fourth-order valence-electron chi connectivity index (χ4n) is 5.40. The van der Waals surface area contributed by atoms with E-state index in [4.69, 9.17) is 9.47 Å². The number of carboxylic acids is 1. The first-order chi connectivity index (χ1) is 18.5. The van der Waals surface area contributed by atoms with Gasteiger partial charge in [-0.3, -0.25) is 9.48 Å². The van der Waals surface area contributed by atoms with Crippen molar-refractivity contribution >= 4 is 16.9 Å². The average Bonchev–Trinajstić information content (AvgIpc) is 3.30. The Kier molecular flexibility index (Phi) is 6.84. The third kappa shape index (κ3) is 4.96. The first kappa shape index (κ1) is 26.7. The largest absolute Gasteiger partial charge is 0.493 e. The molecule has 1 aliphatic heterocycles. The summed E-state index contributed by atoms with van der Waals surface area (Å²) in [7, 11) is 1.61. The molecule has 8 nitrogen and oxygen atoms in total. The van der Waals surface area contributed by atoms with Gasteiger partial charge >= 0.3 is 5.97 Å². The zero-order valence-electron chi connectivity index (χ0n) is 23.4. The molecule has 2 aromatic heterocycles. The van der Waals surface area contributed by atoms with Gasteiger partial charge in [0.2, 0.25) is 0 Å². The molecule has 3 heterocycles. The number of hydrogen-bond acceptors (Lipinski definition) is 5. The fraction of sp³-hybridized carbons (Fsp3) is 0.387. The second kappa shape index (κ2) is 10.0. The summed E-state index contributed by atoms with van der Waals surface area (Å²) in [4.78, 5) is 26.6. The monoisotopic (exact) mass is 529 g/mol. The predicted molar refractivity (Wildman–Crippen MR) is 150 cm³/mol. The number of hydrogen-bond donors (Lipinski definition) is 1. The molecule has 39 heavy (non-hydrogen) atoms. The maximum absolute atomic E-state index is 13.9. The van der Waals surface area contributed by atoms with Gasteiger partial charge in [0, 0.05) is 18.0 Å². The van der Waals surface area contributed by atoms with Gasteiger partial charge in [0.1, 0.15) is 11.3 Å². The second-order valence-corrected chi connectivity index (χ2v) is 11.3. The van der Waals surface area contributed by atoms with Gasteiger partial charge in [0.15, 0.2) is 6.10 Å². The van der Waals surface area contributed by atoms with Crippen LogP contribution in [0.25, 0.3) is 22.0 Å². The van der Waals surface area contributed by atoms with Crippen LogP contribution in [-0.4, -0.2) is 37.6 Å². The first-order valence-corrected chi connectivity index (χ1v) is 13.3. The summed E-state index contributed by atoms with van der Waals surface area (Å²) in [6.45, 7) is 10.6. The van der Waals surface area contributed by atoms with E-state index in [1.54, 1.807) is 38.7 Å². The molecule has 204 valence electrons. The van der Waals surface area contributed by atoms with Crippen LogP contribution in [0.1, 0.15) is 61.2 Å². The van der Waals surface area contributed by atoms with Gasteiger partial charge in [-0.2, -0.15) is 5.10 Å². The fourth-order valence-corrected chi connectivity index (χ4v) is 5.40. The van der Waals surface area contributed by atoms with E-state index in [0.717, 1.165) is 46.4 Å². The highest BCUT2D eigenvalue weighted by Crippen LogP contribution is 2.41. The molecule has 0 radical (unpaired) electrons. The number of rotatable bonds is 6. The number of aliphatic carboxylic acids is 1. The third-order valence-electron chi connectivity index (χ3n) is 7.28. The Morgan fingerprint density at radius 3 is 2.54 bits per heavy atom. The molecule has 0 amide bonds. The standard InChI is InChI=1S/C31H35N3O5/c1-18-9-11-20(12-10-18)17-34-26-23(16-32-34)25(22-13-14-24-21(19(22)2)8-7-15-38-24)27(33(6)29(26)35)28(30(36)37)39-31(3,4)5/h9-14,16,28H,7-8,15,17H2,1-6H3,(H,36,37). The van der Waals surface area contributed by atoms with Gasteiger partial charge in [-0.15, -0.1) is 0 Å². The Bertz CT molecular complexity index is 1620. The zero-order valence-corrected chi connectivity index (χ0v) is 23.4. The number of carboxylic acid groups (broad SMARTS) is 1. The van der Waals surface area contributed by atoms with Crippen molar-refractivity contribution in [1.82, 2.24) is 14.3 Å². The Balaban J connectivity index is 1.82. The van der Waals surface area contributed by atoms with E-state index in [2.05, 4.69) is 5.10 Å². The molecule has 2 aromatic carbocycles. The van der Waals surface area contributed by atoms with E-state index in [1.807, 2.05) is 50.2 Å². The van der Waals surface area contributed by atoms with Gasteiger partial charge in [0.05, 0.1) is 30.6 Å². The van der Waals surface area contributed by atoms with E-state index in [9.17, 15) is 14.7 Å². The average molecular weight is 530 g/mol. The Morgan fingerprint density at radius 2 is 1.87 bits per heavy atom. The molecule has 1 unspecified atom stereocenters. The lowest BCUT2D eigenvalue weighted by Gasteiger charge is -2.29. The molecule has 1 atom stereocenters. The SMILES string of the molecule is Cc1ccc(Cn2ncc3c(-c4ccc5c(c4C)CCCO5)c(C(OC(C)(C)C)C(=O)O)n(C)c(=O)c32)cc1. The molecule has 0 fully saturated rings. The van der Waals surface area contributed by atoms with Crippen LogP contribution in [0.15, 0.2) is 47.4 Å². The van der Waals surface area contributed by atoms with E-state index >= 15 is 0 Å². The van der Waals surface area contributed by atoms with Gasteiger partial charge in [-0.1, -0.05) is 35.9 Å². The van der Waals surface area contributed by atoms with E-state index < -0.39 is 17.7 Å². The lowest BCUT2D eigenvalue weighted by molar-refractivity contribution is -0.161. The van der Waals surface area contributed by atoms with Crippen molar-refractivity contribution in [2.45, 2.75) is 65.7 Å². The van der Waals surface area contributed by atoms with Crippen LogP contribution in [0.2, 0.25) is 0 Å². The highest BCUT2D eigenvalue weighted by molar-refractivity contribution is 5.98. The molecule has 0 saturated heterocycles. The summed E-state index contributed by atoms with van der Waals surface area (Å²) in [5, 5.41) is 15.6. The number of benzene rings is 2. The first-order valence-electron chi connectivity index (χ1n) is 13.3. The number of fused-ring (bicyclic) bond motifs is 2. The minimum absolute atomic E-state index is 0.296. The lowest BCUT2D eigenvalue weighted by atomic mass is 9.89.